The zero-order valence-electron chi connectivity index (χ0n) is 11.4. The number of rotatable bonds is 3. The number of hydrogen-bond acceptors (Lipinski definition) is 3. The summed E-state index contributed by atoms with van der Waals surface area (Å²) in [5.41, 5.74) is 5.69. The first-order valence-electron chi connectivity index (χ1n) is 6.43. The molecule has 0 fully saturated rings. The van der Waals surface area contributed by atoms with Crippen molar-refractivity contribution in [1.29, 1.82) is 0 Å². The van der Waals surface area contributed by atoms with E-state index in [2.05, 4.69) is 63.3 Å². The molecule has 0 saturated carbocycles. The van der Waals surface area contributed by atoms with Crippen molar-refractivity contribution in [1.82, 2.24) is 14.4 Å². The third kappa shape index (κ3) is 2.41. The largest absolute Gasteiger partial charge is 0.379 e. The van der Waals surface area contributed by atoms with E-state index < -0.39 is 0 Å². The number of imidazole rings is 1. The van der Waals surface area contributed by atoms with Crippen molar-refractivity contribution in [3.8, 4) is 0 Å². The molecule has 0 aliphatic carbocycles. The van der Waals surface area contributed by atoms with Crippen molar-refractivity contribution >= 4 is 27.3 Å². The lowest BCUT2D eigenvalue weighted by Crippen LogP contribution is -2.04. The molecule has 0 spiro atoms. The van der Waals surface area contributed by atoms with Crippen molar-refractivity contribution in [3.05, 3.63) is 58.2 Å². The molecular formula is C15H15BrN4. The Balaban J connectivity index is 1.87. The minimum Gasteiger partial charge on any atom is -0.379 e. The van der Waals surface area contributed by atoms with Gasteiger partial charge in [0.15, 0.2) is 5.65 Å². The Morgan fingerprint density at radius 2 is 2.05 bits per heavy atom. The number of fused-ring (bicyclic) bond motifs is 1. The number of anilines is 1. The van der Waals surface area contributed by atoms with Gasteiger partial charge in [-0.2, -0.15) is 0 Å². The van der Waals surface area contributed by atoms with Gasteiger partial charge >= 0.3 is 0 Å². The molecule has 2 aromatic heterocycles. The van der Waals surface area contributed by atoms with Crippen molar-refractivity contribution in [2.45, 2.75) is 20.4 Å². The molecule has 1 aromatic carbocycles. The summed E-state index contributed by atoms with van der Waals surface area (Å²) in [6.45, 7) is 4.98. The molecule has 1 N–H and O–H groups in total. The average molecular weight is 331 g/mol. The highest BCUT2D eigenvalue weighted by Crippen LogP contribution is 2.19. The molecule has 2 heterocycles. The Hall–Kier alpha value is -1.88. The topological polar surface area (TPSA) is 42.2 Å². The Morgan fingerprint density at radius 3 is 2.90 bits per heavy atom. The van der Waals surface area contributed by atoms with E-state index in [0.29, 0.717) is 0 Å². The van der Waals surface area contributed by atoms with E-state index >= 15 is 0 Å². The highest BCUT2D eigenvalue weighted by Gasteiger charge is 2.05. The number of nitrogens with one attached hydrogen (secondary N) is 1. The fraction of sp³-hybridized carbons (Fsp3) is 0.200. The first-order valence-corrected chi connectivity index (χ1v) is 7.22. The maximum absolute atomic E-state index is 4.35. The Kier molecular flexibility index (Phi) is 3.44. The van der Waals surface area contributed by atoms with Crippen LogP contribution in [0, 0.1) is 13.8 Å². The van der Waals surface area contributed by atoms with Gasteiger partial charge in [-0.3, -0.25) is 4.40 Å². The van der Waals surface area contributed by atoms with Crippen LogP contribution in [0.3, 0.4) is 0 Å². The minimum absolute atomic E-state index is 0.724. The molecule has 3 rings (SSSR count). The van der Waals surface area contributed by atoms with E-state index in [1.54, 1.807) is 6.20 Å². The van der Waals surface area contributed by atoms with Gasteiger partial charge in [-0.15, -0.1) is 0 Å². The third-order valence-corrected chi connectivity index (χ3v) is 3.92. The summed E-state index contributed by atoms with van der Waals surface area (Å²) in [6.07, 6.45) is 5.57. The van der Waals surface area contributed by atoms with Gasteiger partial charge in [-0.25, -0.2) is 9.97 Å². The van der Waals surface area contributed by atoms with Gasteiger partial charge in [0.05, 0.1) is 24.6 Å². The van der Waals surface area contributed by atoms with E-state index in [4.69, 9.17) is 0 Å². The van der Waals surface area contributed by atoms with Gasteiger partial charge in [0.1, 0.15) is 4.60 Å². The van der Waals surface area contributed by atoms with Crippen molar-refractivity contribution < 1.29 is 0 Å². The second-order valence-corrected chi connectivity index (χ2v) is 5.60. The summed E-state index contributed by atoms with van der Waals surface area (Å²) in [7, 11) is 0. The third-order valence-electron chi connectivity index (χ3n) is 3.51. The average Bonchev–Trinajstić information content (AvgIpc) is 2.83. The molecule has 102 valence electrons. The molecule has 4 nitrogen and oxygen atoms in total. The lowest BCUT2D eigenvalue weighted by atomic mass is 10.1. The van der Waals surface area contributed by atoms with Gasteiger partial charge < -0.3 is 5.32 Å². The first kappa shape index (κ1) is 13.1. The lowest BCUT2D eigenvalue weighted by Gasteiger charge is -2.11. The molecule has 0 aliphatic heterocycles. The van der Waals surface area contributed by atoms with Gasteiger partial charge in [0, 0.05) is 11.9 Å². The highest BCUT2D eigenvalue weighted by atomic mass is 79.9. The molecule has 0 saturated heterocycles. The molecule has 0 atom stereocenters. The lowest BCUT2D eigenvalue weighted by molar-refractivity contribution is 0.981. The van der Waals surface area contributed by atoms with Gasteiger partial charge in [-0.05, 0) is 47.0 Å². The Labute approximate surface area is 126 Å². The van der Waals surface area contributed by atoms with Crippen LogP contribution in [0.25, 0.3) is 5.65 Å². The fourth-order valence-corrected chi connectivity index (χ4v) is 2.48. The van der Waals surface area contributed by atoms with E-state index in [9.17, 15) is 0 Å². The van der Waals surface area contributed by atoms with E-state index in [1.807, 2.05) is 16.8 Å². The van der Waals surface area contributed by atoms with Crippen LogP contribution >= 0.6 is 15.9 Å². The van der Waals surface area contributed by atoms with Crippen LogP contribution in [0.2, 0.25) is 0 Å². The second kappa shape index (κ2) is 5.25. The quantitative estimate of drug-likeness (QED) is 0.795. The van der Waals surface area contributed by atoms with Crippen LogP contribution in [0.1, 0.15) is 16.8 Å². The van der Waals surface area contributed by atoms with E-state index in [-0.39, 0.29) is 0 Å². The Morgan fingerprint density at radius 1 is 1.20 bits per heavy atom. The molecule has 0 aliphatic rings. The summed E-state index contributed by atoms with van der Waals surface area (Å²) in [5, 5.41) is 3.47. The number of benzene rings is 1. The van der Waals surface area contributed by atoms with Gasteiger partial charge in [-0.1, -0.05) is 12.1 Å². The van der Waals surface area contributed by atoms with Gasteiger partial charge in [0.25, 0.3) is 0 Å². The molecule has 5 heteroatoms. The van der Waals surface area contributed by atoms with Gasteiger partial charge in [0.2, 0.25) is 0 Å². The van der Waals surface area contributed by atoms with Crippen LogP contribution in [0.15, 0.2) is 41.4 Å². The zero-order valence-corrected chi connectivity index (χ0v) is 13.0. The molecule has 0 amide bonds. The Bertz CT molecular complexity index is 764. The molecule has 20 heavy (non-hydrogen) atoms. The number of halogens is 1. The normalized spacial score (nSPS) is 10.9. The van der Waals surface area contributed by atoms with Crippen LogP contribution in [0.5, 0.6) is 0 Å². The summed E-state index contributed by atoms with van der Waals surface area (Å²) in [6, 6.07) is 6.29. The van der Waals surface area contributed by atoms with E-state index in [1.165, 1.54) is 11.1 Å². The maximum atomic E-state index is 4.35. The van der Waals surface area contributed by atoms with Crippen LogP contribution in [-0.4, -0.2) is 14.4 Å². The first-order chi connectivity index (χ1) is 9.65. The summed E-state index contributed by atoms with van der Waals surface area (Å²) < 4.78 is 2.84. The zero-order chi connectivity index (χ0) is 14.1. The standard InChI is InChI=1S/C15H15BrN4/c1-10-4-3-5-13(11(10)2)17-6-12-7-19-15-8-18-14(16)9-20(12)15/h3-5,7-9,17H,6H2,1-2H3. The fourth-order valence-electron chi connectivity index (χ4n) is 2.18. The number of nitrogens with zero attached hydrogens (tertiary/aromatic N) is 3. The summed E-state index contributed by atoms with van der Waals surface area (Å²) in [4.78, 5) is 8.53. The smallest absolute Gasteiger partial charge is 0.155 e. The van der Waals surface area contributed by atoms with Crippen molar-refractivity contribution in [2.24, 2.45) is 0 Å². The predicted molar refractivity (Wildman–Crippen MR) is 83.9 cm³/mol. The van der Waals surface area contributed by atoms with Crippen LogP contribution in [-0.2, 0) is 6.54 Å². The van der Waals surface area contributed by atoms with Crippen LogP contribution < -0.4 is 5.32 Å². The van der Waals surface area contributed by atoms with E-state index in [0.717, 1.165) is 28.2 Å². The second-order valence-electron chi connectivity index (χ2n) is 4.79. The number of aryl methyl sites for hydroxylation is 1. The molecule has 3 aromatic rings. The van der Waals surface area contributed by atoms with Crippen molar-refractivity contribution in [2.75, 3.05) is 5.32 Å². The maximum Gasteiger partial charge on any atom is 0.155 e. The molecule has 0 bridgehead atoms. The molecule has 0 unspecified atom stereocenters. The minimum atomic E-state index is 0.724. The molecule has 0 radical (unpaired) electrons. The number of aromatic nitrogens is 3. The predicted octanol–water partition coefficient (Wildman–Crippen LogP) is 3.72. The highest BCUT2D eigenvalue weighted by molar-refractivity contribution is 9.10. The SMILES string of the molecule is Cc1cccc(NCc2cnc3cnc(Br)cn23)c1C. The summed E-state index contributed by atoms with van der Waals surface area (Å²) >= 11 is 3.39. The van der Waals surface area contributed by atoms with Crippen LogP contribution in [0.4, 0.5) is 5.69 Å². The summed E-state index contributed by atoms with van der Waals surface area (Å²) in [5.74, 6) is 0. The molecular weight excluding hydrogens is 316 g/mol. The van der Waals surface area contributed by atoms with Crippen molar-refractivity contribution in [3.63, 3.8) is 0 Å². The monoisotopic (exact) mass is 330 g/mol. The number of hydrogen-bond donors (Lipinski definition) is 1.